The Morgan fingerprint density at radius 3 is 2.75 bits per heavy atom. The first-order chi connectivity index (χ1) is 9.74. The van der Waals surface area contributed by atoms with Crippen LogP contribution in [0.2, 0.25) is 0 Å². The summed E-state index contributed by atoms with van der Waals surface area (Å²) in [5, 5.41) is 26.0. The first kappa shape index (κ1) is 12.8. The fourth-order valence-corrected chi connectivity index (χ4v) is 2.85. The number of hydrogen-bond acceptors (Lipinski definition) is 9. The van der Waals surface area contributed by atoms with Crippen molar-refractivity contribution in [1.29, 1.82) is 0 Å². The SMILES string of the molecule is Nc1snnc1CSc1nnnn1-c1ccc(O)cc1. The van der Waals surface area contributed by atoms with Crippen LogP contribution in [0.5, 0.6) is 5.75 Å². The molecule has 3 N–H and O–H groups in total. The van der Waals surface area contributed by atoms with Gasteiger partial charge in [-0.1, -0.05) is 16.3 Å². The topological polar surface area (TPSA) is 116 Å². The van der Waals surface area contributed by atoms with Gasteiger partial charge < -0.3 is 10.8 Å². The van der Waals surface area contributed by atoms with Crippen molar-refractivity contribution in [1.82, 2.24) is 29.8 Å². The van der Waals surface area contributed by atoms with Gasteiger partial charge >= 0.3 is 0 Å². The smallest absolute Gasteiger partial charge is 0.214 e. The van der Waals surface area contributed by atoms with E-state index >= 15 is 0 Å². The summed E-state index contributed by atoms with van der Waals surface area (Å²) in [6.45, 7) is 0. The predicted octanol–water partition coefficient (Wildman–Crippen LogP) is 1.09. The van der Waals surface area contributed by atoms with Crippen molar-refractivity contribution in [2.24, 2.45) is 0 Å². The van der Waals surface area contributed by atoms with E-state index in [-0.39, 0.29) is 5.75 Å². The van der Waals surface area contributed by atoms with Crippen LogP contribution in [0.4, 0.5) is 5.00 Å². The Kier molecular flexibility index (Phi) is 3.48. The lowest BCUT2D eigenvalue weighted by Crippen LogP contribution is -1.99. The average Bonchev–Trinajstić information content (AvgIpc) is 3.06. The van der Waals surface area contributed by atoms with Crippen LogP contribution >= 0.6 is 23.3 Å². The van der Waals surface area contributed by atoms with E-state index in [1.807, 2.05) is 0 Å². The Bertz CT molecular complexity index is 708. The van der Waals surface area contributed by atoms with Gasteiger partial charge in [-0.05, 0) is 34.7 Å². The van der Waals surface area contributed by atoms with E-state index in [1.54, 1.807) is 28.9 Å². The second-order valence-electron chi connectivity index (χ2n) is 3.76. The van der Waals surface area contributed by atoms with E-state index < -0.39 is 0 Å². The van der Waals surface area contributed by atoms with Gasteiger partial charge in [0.15, 0.2) is 0 Å². The largest absolute Gasteiger partial charge is 0.508 e. The normalized spacial score (nSPS) is 10.8. The number of nitrogens with zero attached hydrogens (tertiary/aromatic N) is 6. The van der Waals surface area contributed by atoms with Crippen LogP contribution in [0.15, 0.2) is 29.4 Å². The highest BCUT2D eigenvalue weighted by Gasteiger charge is 2.11. The predicted molar refractivity (Wildman–Crippen MR) is 74.7 cm³/mol. The first-order valence-corrected chi connectivity index (χ1v) is 7.27. The van der Waals surface area contributed by atoms with Gasteiger partial charge in [-0.15, -0.1) is 10.2 Å². The van der Waals surface area contributed by atoms with Crippen molar-refractivity contribution in [3.63, 3.8) is 0 Å². The van der Waals surface area contributed by atoms with Gasteiger partial charge in [0.1, 0.15) is 16.4 Å². The number of phenolic OH excluding ortho intramolecular Hbond substituents is 1. The molecule has 0 saturated carbocycles. The zero-order valence-corrected chi connectivity index (χ0v) is 11.7. The van der Waals surface area contributed by atoms with E-state index in [0.29, 0.717) is 15.9 Å². The maximum Gasteiger partial charge on any atom is 0.214 e. The number of aromatic hydroxyl groups is 1. The molecule has 1 aromatic carbocycles. The number of benzene rings is 1. The van der Waals surface area contributed by atoms with Crippen LogP contribution < -0.4 is 5.73 Å². The van der Waals surface area contributed by atoms with E-state index in [4.69, 9.17) is 5.73 Å². The molecule has 0 radical (unpaired) electrons. The summed E-state index contributed by atoms with van der Waals surface area (Å²) in [7, 11) is 0. The lowest BCUT2D eigenvalue weighted by Gasteiger charge is -2.03. The summed E-state index contributed by atoms with van der Waals surface area (Å²) < 4.78 is 5.36. The third-order valence-corrected chi connectivity index (χ3v) is 3.98. The number of nitrogens with two attached hydrogens (primary N) is 1. The third-order valence-electron chi connectivity index (χ3n) is 2.46. The molecule has 20 heavy (non-hydrogen) atoms. The minimum atomic E-state index is 0.192. The van der Waals surface area contributed by atoms with E-state index in [1.165, 1.54) is 11.8 Å². The number of thioether (sulfide) groups is 1. The Labute approximate surface area is 121 Å². The fourth-order valence-electron chi connectivity index (χ4n) is 1.47. The Balaban J connectivity index is 1.80. The Hall–Kier alpha value is -2.20. The van der Waals surface area contributed by atoms with Crippen molar-refractivity contribution >= 4 is 28.3 Å². The molecule has 102 valence electrons. The zero-order valence-electron chi connectivity index (χ0n) is 10.0. The van der Waals surface area contributed by atoms with Gasteiger partial charge in [-0.3, -0.25) is 0 Å². The van der Waals surface area contributed by atoms with Crippen molar-refractivity contribution in [3.05, 3.63) is 30.0 Å². The summed E-state index contributed by atoms with van der Waals surface area (Å²) in [5.74, 6) is 0.734. The van der Waals surface area contributed by atoms with Gasteiger partial charge in [-0.2, -0.15) is 4.68 Å². The molecule has 0 saturated heterocycles. The second-order valence-corrected chi connectivity index (χ2v) is 5.49. The molecule has 0 unspecified atom stereocenters. The van der Waals surface area contributed by atoms with Gasteiger partial charge in [0.25, 0.3) is 0 Å². The monoisotopic (exact) mass is 307 g/mol. The van der Waals surface area contributed by atoms with E-state index in [0.717, 1.165) is 22.9 Å². The van der Waals surface area contributed by atoms with Gasteiger partial charge in [0, 0.05) is 17.3 Å². The highest BCUT2D eigenvalue weighted by molar-refractivity contribution is 7.98. The van der Waals surface area contributed by atoms with Crippen LogP contribution in [0.1, 0.15) is 5.69 Å². The average molecular weight is 307 g/mol. The van der Waals surface area contributed by atoms with Crippen LogP contribution in [0.25, 0.3) is 5.69 Å². The third kappa shape index (κ3) is 2.56. The molecule has 3 rings (SSSR count). The lowest BCUT2D eigenvalue weighted by molar-refractivity contribution is 0.475. The van der Waals surface area contributed by atoms with Crippen molar-refractivity contribution in [3.8, 4) is 11.4 Å². The quantitative estimate of drug-likeness (QED) is 0.688. The van der Waals surface area contributed by atoms with Crippen LogP contribution in [-0.2, 0) is 5.75 Å². The number of phenols is 1. The van der Waals surface area contributed by atoms with Crippen molar-refractivity contribution < 1.29 is 5.11 Å². The van der Waals surface area contributed by atoms with Crippen LogP contribution in [-0.4, -0.2) is 34.9 Å². The highest BCUT2D eigenvalue weighted by atomic mass is 32.2. The van der Waals surface area contributed by atoms with Crippen molar-refractivity contribution in [2.75, 3.05) is 5.73 Å². The summed E-state index contributed by atoms with van der Waals surface area (Å²) in [6.07, 6.45) is 0. The molecule has 0 fully saturated rings. The minimum Gasteiger partial charge on any atom is -0.508 e. The van der Waals surface area contributed by atoms with E-state index in [9.17, 15) is 5.11 Å². The number of nitrogen functional groups attached to an aromatic ring is 1. The standard InChI is InChI=1S/C10H9N7OS2/c11-9-8(12-16-20-9)5-19-10-13-14-15-17(10)6-1-3-7(18)4-2-6/h1-4,18H,5,11H2. The molecule has 3 aromatic rings. The summed E-state index contributed by atoms with van der Waals surface area (Å²) in [6, 6.07) is 6.62. The molecule has 0 bridgehead atoms. The molecule has 2 heterocycles. The maximum absolute atomic E-state index is 9.29. The molecule has 10 heteroatoms. The molecule has 0 aliphatic rings. The Morgan fingerprint density at radius 2 is 2.05 bits per heavy atom. The zero-order chi connectivity index (χ0) is 13.9. The maximum atomic E-state index is 9.29. The number of aromatic nitrogens is 6. The van der Waals surface area contributed by atoms with Crippen molar-refractivity contribution in [2.45, 2.75) is 10.9 Å². The number of tetrazole rings is 1. The van der Waals surface area contributed by atoms with Crippen LogP contribution in [0.3, 0.4) is 0 Å². The summed E-state index contributed by atoms with van der Waals surface area (Å²) in [4.78, 5) is 0. The first-order valence-electron chi connectivity index (χ1n) is 5.51. The molecule has 0 atom stereocenters. The second kappa shape index (κ2) is 5.43. The number of anilines is 1. The summed E-state index contributed by atoms with van der Waals surface area (Å²) >= 11 is 2.57. The Morgan fingerprint density at radius 1 is 1.25 bits per heavy atom. The summed E-state index contributed by atoms with van der Waals surface area (Å²) in [5.41, 5.74) is 7.23. The molecular weight excluding hydrogens is 298 g/mol. The fraction of sp³-hybridized carbons (Fsp3) is 0.100. The molecule has 2 aromatic heterocycles. The van der Waals surface area contributed by atoms with E-state index in [2.05, 4.69) is 25.1 Å². The number of rotatable bonds is 4. The number of hydrogen-bond donors (Lipinski definition) is 2. The highest BCUT2D eigenvalue weighted by Crippen LogP contribution is 2.25. The minimum absolute atomic E-state index is 0.192. The molecular formula is C10H9N7OS2. The molecule has 0 aliphatic heterocycles. The van der Waals surface area contributed by atoms with Gasteiger partial charge in [0.2, 0.25) is 5.16 Å². The van der Waals surface area contributed by atoms with Crippen LogP contribution in [0, 0.1) is 0 Å². The van der Waals surface area contributed by atoms with Gasteiger partial charge in [0.05, 0.1) is 5.69 Å². The molecule has 0 spiro atoms. The van der Waals surface area contributed by atoms with Gasteiger partial charge in [-0.25, -0.2) is 0 Å². The molecule has 0 aliphatic carbocycles. The molecule has 8 nitrogen and oxygen atoms in total. The lowest BCUT2D eigenvalue weighted by atomic mass is 10.3. The molecule has 0 amide bonds.